The maximum absolute atomic E-state index is 9.04. The number of nitrogens with zero attached hydrogens (tertiary/aromatic N) is 1. The van der Waals surface area contributed by atoms with E-state index >= 15 is 0 Å². The van der Waals surface area contributed by atoms with Crippen LogP contribution in [-0.2, 0) is 0 Å². The van der Waals surface area contributed by atoms with Crippen LogP contribution in [0.25, 0.3) is 0 Å². The predicted octanol–water partition coefficient (Wildman–Crippen LogP) is 2.50. The minimum atomic E-state index is 0.195. The molecule has 0 bridgehead atoms. The van der Waals surface area contributed by atoms with Gasteiger partial charge in [0.25, 0.3) is 0 Å². The Morgan fingerprint density at radius 3 is 2.47 bits per heavy atom. The van der Waals surface area contributed by atoms with E-state index in [2.05, 4.69) is 44.8 Å². The van der Waals surface area contributed by atoms with Gasteiger partial charge in [0.05, 0.1) is 0 Å². The fraction of sp³-hybridized carbons (Fsp3) is 1.00. The molecule has 1 fully saturated rings. The topological polar surface area (TPSA) is 35.5 Å². The molecule has 2 unspecified atom stereocenters. The van der Waals surface area contributed by atoms with Crippen LogP contribution in [0.3, 0.4) is 0 Å². The van der Waals surface area contributed by atoms with E-state index in [1.54, 1.807) is 0 Å². The van der Waals surface area contributed by atoms with Crippen LogP contribution >= 0.6 is 0 Å². The van der Waals surface area contributed by atoms with Gasteiger partial charge in [-0.05, 0) is 57.9 Å². The molecule has 1 rings (SSSR count). The van der Waals surface area contributed by atoms with Gasteiger partial charge in [0.15, 0.2) is 0 Å². The first kappa shape index (κ1) is 16.9. The fourth-order valence-electron chi connectivity index (χ4n) is 2.79. The normalized spacial score (nSPS) is 24.6. The van der Waals surface area contributed by atoms with Crippen molar-refractivity contribution >= 4 is 0 Å². The molecule has 2 atom stereocenters. The summed E-state index contributed by atoms with van der Waals surface area (Å²) in [7, 11) is 0. The lowest BCUT2D eigenvalue weighted by Gasteiger charge is -2.36. The fourth-order valence-corrected chi connectivity index (χ4v) is 2.79. The van der Waals surface area contributed by atoms with Crippen molar-refractivity contribution in [1.29, 1.82) is 0 Å². The molecule has 1 saturated heterocycles. The molecule has 19 heavy (non-hydrogen) atoms. The Labute approximate surface area is 119 Å². The Bertz CT molecular complexity index is 262. The first-order valence-electron chi connectivity index (χ1n) is 7.86. The summed E-state index contributed by atoms with van der Waals surface area (Å²) in [5, 5.41) is 12.7. The van der Waals surface area contributed by atoms with Crippen LogP contribution in [0.5, 0.6) is 0 Å². The maximum atomic E-state index is 9.04. The monoisotopic (exact) mass is 270 g/mol. The molecule has 1 aliphatic heterocycles. The quantitative estimate of drug-likeness (QED) is 0.746. The SMILES string of the molecule is CCC(C)(CNC(C)(C)C)CN1CCC(CCO)C1. The third kappa shape index (κ3) is 6.24. The molecule has 114 valence electrons. The van der Waals surface area contributed by atoms with E-state index in [0.717, 1.165) is 13.0 Å². The first-order valence-corrected chi connectivity index (χ1v) is 7.86. The molecule has 0 aromatic heterocycles. The second-order valence-corrected chi connectivity index (χ2v) is 7.67. The zero-order valence-corrected chi connectivity index (χ0v) is 13.6. The summed E-state index contributed by atoms with van der Waals surface area (Å²) in [5.74, 6) is 0.710. The molecule has 0 amide bonds. The number of aliphatic hydroxyl groups is 1. The lowest BCUT2D eigenvalue weighted by Crippen LogP contribution is -2.47. The highest BCUT2D eigenvalue weighted by Crippen LogP contribution is 2.27. The Kier molecular flexibility index (Phi) is 6.28. The summed E-state index contributed by atoms with van der Waals surface area (Å²) in [5.41, 5.74) is 0.544. The Hall–Kier alpha value is -0.120. The van der Waals surface area contributed by atoms with E-state index in [-0.39, 0.29) is 5.54 Å². The van der Waals surface area contributed by atoms with E-state index in [1.165, 1.54) is 32.5 Å². The third-order valence-electron chi connectivity index (χ3n) is 4.41. The Balaban J connectivity index is 2.43. The minimum absolute atomic E-state index is 0.195. The van der Waals surface area contributed by atoms with Crippen LogP contribution < -0.4 is 5.32 Å². The van der Waals surface area contributed by atoms with Crippen LogP contribution in [0.1, 0.15) is 53.9 Å². The van der Waals surface area contributed by atoms with Crippen LogP contribution in [0, 0.1) is 11.3 Å². The number of rotatable bonds is 7. The Morgan fingerprint density at radius 1 is 1.26 bits per heavy atom. The molecule has 3 nitrogen and oxygen atoms in total. The van der Waals surface area contributed by atoms with Crippen molar-refractivity contribution in [3.05, 3.63) is 0 Å². The van der Waals surface area contributed by atoms with E-state index in [1.807, 2.05) is 0 Å². The first-order chi connectivity index (χ1) is 8.78. The van der Waals surface area contributed by atoms with Crippen molar-refractivity contribution in [3.63, 3.8) is 0 Å². The van der Waals surface area contributed by atoms with Crippen molar-refractivity contribution in [2.45, 2.75) is 59.4 Å². The van der Waals surface area contributed by atoms with Crippen molar-refractivity contribution in [2.75, 3.05) is 32.8 Å². The van der Waals surface area contributed by atoms with Gasteiger partial charge in [0.1, 0.15) is 0 Å². The van der Waals surface area contributed by atoms with Gasteiger partial charge in [-0.15, -0.1) is 0 Å². The molecule has 0 aromatic carbocycles. The van der Waals surface area contributed by atoms with Crippen LogP contribution in [0.15, 0.2) is 0 Å². The maximum Gasteiger partial charge on any atom is 0.0434 e. The van der Waals surface area contributed by atoms with Gasteiger partial charge in [0.2, 0.25) is 0 Å². The molecule has 2 N–H and O–H groups in total. The molecule has 1 heterocycles. The summed E-state index contributed by atoms with van der Waals surface area (Å²) in [6.07, 6.45) is 3.43. The molecule has 0 radical (unpaired) electrons. The van der Waals surface area contributed by atoms with Gasteiger partial charge in [-0.3, -0.25) is 0 Å². The van der Waals surface area contributed by atoms with E-state index in [9.17, 15) is 0 Å². The number of likely N-dealkylation sites (tertiary alicyclic amines) is 1. The highest BCUT2D eigenvalue weighted by molar-refractivity contribution is 4.86. The molecular weight excluding hydrogens is 236 g/mol. The van der Waals surface area contributed by atoms with E-state index < -0.39 is 0 Å². The van der Waals surface area contributed by atoms with Gasteiger partial charge < -0.3 is 15.3 Å². The third-order valence-corrected chi connectivity index (χ3v) is 4.41. The summed E-state index contributed by atoms with van der Waals surface area (Å²) < 4.78 is 0. The second-order valence-electron chi connectivity index (χ2n) is 7.67. The number of hydrogen-bond donors (Lipinski definition) is 2. The van der Waals surface area contributed by atoms with Gasteiger partial charge in [-0.2, -0.15) is 0 Å². The van der Waals surface area contributed by atoms with Gasteiger partial charge in [0, 0.05) is 31.8 Å². The molecule has 3 heteroatoms. The largest absolute Gasteiger partial charge is 0.396 e. The van der Waals surface area contributed by atoms with Crippen molar-refractivity contribution in [3.8, 4) is 0 Å². The summed E-state index contributed by atoms with van der Waals surface area (Å²) in [4.78, 5) is 2.59. The van der Waals surface area contributed by atoms with Crippen LogP contribution in [0.2, 0.25) is 0 Å². The van der Waals surface area contributed by atoms with E-state index in [4.69, 9.17) is 5.11 Å². The van der Waals surface area contributed by atoms with Crippen molar-refractivity contribution in [2.24, 2.45) is 11.3 Å². The van der Waals surface area contributed by atoms with Crippen LogP contribution in [-0.4, -0.2) is 48.3 Å². The van der Waals surface area contributed by atoms with Gasteiger partial charge in [-0.1, -0.05) is 13.8 Å². The number of nitrogens with one attached hydrogen (secondary N) is 1. The molecule has 0 spiro atoms. The molecule has 0 saturated carbocycles. The zero-order valence-electron chi connectivity index (χ0n) is 13.6. The lowest BCUT2D eigenvalue weighted by atomic mass is 9.86. The van der Waals surface area contributed by atoms with Gasteiger partial charge in [-0.25, -0.2) is 0 Å². The number of hydrogen-bond acceptors (Lipinski definition) is 3. The predicted molar refractivity (Wildman–Crippen MR) is 82.4 cm³/mol. The standard InChI is InChI=1S/C16H34N2O/c1-6-16(5,12-17-15(2,3)4)13-18-9-7-14(11-18)8-10-19/h14,17,19H,6-13H2,1-5H3. The average Bonchev–Trinajstić information content (AvgIpc) is 2.74. The summed E-state index contributed by atoms with van der Waals surface area (Å²) in [6.45, 7) is 16.4. The van der Waals surface area contributed by atoms with Gasteiger partial charge >= 0.3 is 0 Å². The number of aliphatic hydroxyl groups excluding tert-OH is 1. The highest BCUT2D eigenvalue weighted by atomic mass is 16.3. The Morgan fingerprint density at radius 2 is 1.95 bits per heavy atom. The van der Waals surface area contributed by atoms with Crippen molar-refractivity contribution < 1.29 is 5.11 Å². The highest BCUT2D eigenvalue weighted by Gasteiger charge is 2.30. The molecular formula is C16H34N2O. The average molecular weight is 270 g/mol. The molecule has 0 aliphatic carbocycles. The smallest absolute Gasteiger partial charge is 0.0434 e. The molecule has 1 aliphatic rings. The second kappa shape index (κ2) is 7.05. The minimum Gasteiger partial charge on any atom is -0.396 e. The summed E-state index contributed by atoms with van der Waals surface area (Å²) >= 11 is 0. The van der Waals surface area contributed by atoms with Crippen LogP contribution in [0.4, 0.5) is 0 Å². The zero-order chi connectivity index (χ0) is 14.5. The molecule has 0 aromatic rings. The van der Waals surface area contributed by atoms with E-state index in [0.29, 0.717) is 17.9 Å². The summed E-state index contributed by atoms with van der Waals surface area (Å²) in [6, 6.07) is 0. The lowest BCUT2D eigenvalue weighted by molar-refractivity contribution is 0.161. The van der Waals surface area contributed by atoms with Crippen molar-refractivity contribution in [1.82, 2.24) is 10.2 Å².